The fourth-order valence-corrected chi connectivity index (χ4v) is 3.80. The van der Waals surface area contributed by atoms with Gasteiger partial charge in [0.1, 0.15) is 5.82 Å². The lowest BCUT2D eigenvalue weighted by atomic mass is 10.0. The van der Waals surface area contributed by atoms with Gasteiger partial charge in [-0.25, -0.2) is 0 Å². The Kier molecular flexibility index (Phi) is 6.87. The van der Waals surface area contributed by atoms with Crippen molar-refractivity contribution in [2.45, 2.75) is 44.9 Å². The third-order valence-electron chi connectivity index (χ3n) is 4.64. The van der Waals surface area contributed by atoms with Crippen LogP contribution in [-0.2, 0) is 11.3 Å². The Bertz CT molecular complexity index is 906. The second-order valence-electron chi connectivity index (χ2n) is 6.83. The summed E-state index contributed by atoms with van der Waals surface area (Å²) in [7, 11) is 0. The second kappa shape index (κ2) is 9.55. The third-order valence-corrected chi connectivity index (χ3v) is 5.61. The summed E-state index contributed by atoms with van der Waals surface area (Å²) in [6.07, 6.45) is 0.850. The lowest BCUT2D eigenvalue weighted by molar-refractivity contribution is -0.119. The van der Waals surface area contributed by atoms with Crippen LogP contribution in [0, 0.1) is 13.8 Å². The van der Waals surface area contributed by atoms with Crippen LogP contribution in [0.2, 0.25) is 0 Å². The number of carbonyl (C=O) groups excluding carboxylic acids is 1. The van der Waals surface area contributed by atoms with E-state index in [0.29, 0.717) is 12.3 Å². The van der Waals surface area contributed by atoms with Crippen molar-refractivity contribution in [2.75, 3.05) is 5.75 Å². The quantitative estimate of drug-likeness (QED) is 0.579. The van der Waals surface area contributed by atoms with Crippen LogP contribution in [0.15, 0.2) is 59.8 Å². The highest BCUT2D eigenvalue weighted by molar-refractivity contribution is 7.99. The molecule has 1 atom stereocenters. The number of hydrogen-bond donors (Lipinski definition) is 1. The van der Waals surface area contributed by atoms with Crippen LogP contribution in [0.5, 0.6) is 0 Å². The maximum atomic E-state index is 12.5. The molecule has 0 fully saturated rings. The highest BCUT2D eigenvalue weighted by Crippen LogP contribution is 2.20. The largest absolute Gasteiger partial charge is 0.349 e. The Labute approximate surface area is 170 Å². The zero-order chi connectivity index (χ0) is 19.9. The van der Waals surface area contributed by atoms with Gasteiger partial charge < -0.3 is 9.88 Å². The van der Waals surface area contributed by atoms with Crippen molar-refractivity contribution < 1.29 is 4.79 Å². The molecule has 2 aromatic carbocycles. The molecular weight excluding hydrogens is 368 g/mol. The molecule has 0 aliphatic heterocycles. The van der Waals surface area contributed by atoms with Crippen molar-refractivity contribution >= 4 is 17.7 Å². The van der Waals surface area contributed by atoms with Crippen LogP contribution in [0.1, 0.15) is 41.9 Å². The standard InChI is InChI=1S/C22H26N4OS/c1-4-20(19-12-10-16(2)11-13-19)23-21(27)15-28-22-25-24-17(3)26(22)14-18-8-6-5-7-9-18/h5-13,20H,4,14-15H2,1-3H3,(H,23,27). The van der Waals surface area contributed by atoms with Crippen molar-refractivity contribution in [1.29, 1.82) is 0 Å². The lowest BCUT2D eigenvalue weighted by Crippen LogP contribution is -2.29. The van der Waals surface area contributed by atoms with E-state index in [4.69, 9.17) is 0 Å². The van der Waals surface area contributed by atoms with Crippen molar-refractivity contribution in [2.24, 2.45) is 0 Å². The van der Waals surface area contributed by atoms with Crippen LogP contribution < -0.4 is 5.32 Å². The van der Waals surface area contributed by atoms with Gasteiger partial charge in [0.2, 0.25) is 5.91 Å². The SMILES string of the molecule is CCC(NC(=O)CSc1nnc(C)n1Cc1ccccc1)c1ccc(C)cc1. The highest BCUT2D eigenvalue weighted by atomic mass is 32.2. The van der Waals surface area contributed by atoms with E-state index in [2.05, 4.69) is 65.8 Å². The molecule has 0 saturated carbocycles. The molecule has 5 nitrogen and oxygen atoms in total. The van der Waals surface area contributed by atoms with Crippen LogP contribution in [0.3, 0.4) is 0 Å². The number of hydrogen-bond acceptors (Lipinski definition) is 4. The summed E-state index contributed by atoms with van der Waals surface area (Å²) in [5, 5.41) is 12.3. The predicted octanol–water partition coefficient (Wildman–Crippen LogP) is 4.30. The molecule has 0 radical (unpaired) electrons. The van der Waals surface area contributed by atoms with Crippen molar-refractivity contribution in [3.8, 4) is 0 Å². The number of nitrogens with one attached hydrogen (secondary N) is 1. The van der Waals surface area contributed by atoms with Gasteiger partial charge in [0.25, 0.3) is 0 Å². The first kappa shape index (κ1) is 20.1. The minimum Gasteiger partial charge on any atom is -0.349 e. The Morgan fingerprint density at radius 1 is 1.07 bits per heavy atom. The number of aryl methyl sites for hydroxylation is 2. The van der Waals surface area contributed by atoms with Crippen LogP contribution in [0.25, 0.3) is 0 Å². The van der Waals surface area contributed by atoms with E-state index in [1.165, 1.54) is 22.9 Å². The van der Waals surface area contributed by atoms with Gasteiger partial charge in [0.05, 0.1) is 18.3 Å². The minimum absolute atomic E-state index is 0.00402. The van der Waals surface area contributed by atoms with Gasteiger partial charge in [-0.15, -0.1) is 10.2 Å². The summed E-state index contributed by atoms with van der Waals surface area (Å²) in [5.41, 5.74) is 3.53. The monoisotopic (exact) mass is 394 g/mol. The molecule has 0 saturated heterocycles. The Morgan fingerprint density at radius 3 is 2.46 bits per heavy atom. The van der Waals surface area contributed by atoms with Crippen molar-refractivity contribution in [3.05, 3.63) is 77.1 Å². The average Bonchev–Trinajstić information content (AvgIpc) is 3.05. The predicted molar refractivity (Wildman–Crippen MR) is 113 cm³/mol. The molecular formula is C22H26N4OS. The lowest BCUT2D eigenvalue weighted by Gasteiger charge is -2.17. The third kappa shape index (κ3) is 5.23. The molecule has 28 heavy (non-hydrogen) atoms. The number of rotatable bonds is 8. The molecule has 146 valence electrons. The van der Waals surface area contributed by atoms with Crippen molar-refractivity contribution in [3.63, 3.8) is 0 Å². The number of carbonyl (C=O) groups is 1. The van der Waals surface area contributed by atoms with E-state index in [1.807, 2.05) is 29.7 Å². The fraction of sp³-hybridized carbons (Fsp3) is 0.318. The van der Waals surface area contributed by atoms with Gasteiger partial charge in [-0.2, -0.15) is 0 Å². The van der Waals surface area contributed by atoms with E-state index in [1.54, 1.807) is 0 Å². The molecule has 1 aromatic heterocycles. The van der Waals surface area contributed by atoms with Crippen LogP contribution in [-0.4, -0.2) is 26.4 Å². The summed E-state index contributed by atoms with van der Waals surface area (Å²) in [6, 6.07) is 18.5. The molecule has 0 spiro atoms. The molecule has 6 heteroatoms. The molecule has 1 N–H and O–H groups in total. The maximum Gasteiger partial charge on any atom is 0.230 e. The number of thioether (sulfide) groups is 1. The first-order chi connectivity index (χ1) is 13.6. The molecule has 1 amide bonds. The normalized spacial score (nSPS) is 12.0. The zero-order valence-electron chi connectivity index (χ0n) is 16.6. The van der Waals surface area contributed by atoms with Crippen LogP contribution >= 0.6 is 11.8 Å². The van der Waals surface area contributed by atoms with Gasteiger partial charge in [-0.05, 0) is 31.4 Å². The van der Waals surface area contributed by atoms with E-state index >= 15 is 0 Å². The zero-order valence-corrected chi connectivity index (χ0v) is 17.4. The Balaban J connectivity index is 1.60. The summed E-state index contributed by atoms with van der Waals surface area (Å²) < 4.78 is 2.05. The van der Waals surface area contributed by atoms with Gasteiger partial charge in [-0.3, -0.25) is 4.79 Å². The molecule has 0 aliphatic rings. The molecule has 1 unspecified atom stereocenters. The van der Waals surface area contributed by atoms with Crippen molar-refractivity contribution in [1.82, 2.24) is 20.1 Å². The molecule has 0 aliphatic carbocycles. The number of aromatic nitrogens is 3. The molecule has 3 rings (SSSR count). The number of nitrogens with zero attached hydrogens (tertiary/aromatic N) is 3. The second-order valence-corrected chi connectivity index (χ2v) is 7.77. The van der Waals surface area contributed by atoms with E-state index < -0.39 is 0 Å². The van der Waals surface area contributed by atoms with Gasteiger partial charge >= 0.3 is 0 Å². The number of benzene rings is 2. The molecule has 3 aromatic rings. The van der Waals surface area contributed by atoms with Gasteiger partial charge in [0.15, 0.2) is 5.16 Å². The molecule has 1 heterocycles. The van der Waals surface area contributed by atoms with E-state index in [0.717, 1.165) is 23.0 Å². The summed E-state index contributed by atoms with van der Waals surface area (Å²) in [6.45, 7) is 6.78. The summed E-state index contributed by atoms with van der Waals surface area (Å²) >= 11 is 1.42. The first-order valence-corrected chi connectivity index (χ1v) is 10.5. The van der Waals surface area contributed by atoms with Crippen LogP contribution in [0.4, 0.5) is 0 Å². The topological polar surface area (TPSA) is 59.8 Å². The summed E-state index contributed by atoms with van der Waals surface area (Å²) in [5.74, 6) is 1.16. The highest BCUT2D eigenvalue weighted by Gasteiger charge is 2.15. The van der Waals surface area contributed by atoms with Gasteiger partial charge in [-0.1, -0.05) is 78.8 Å². The number of amides is 1. The first-order valence-electron chi connectivity index (χ1n) is 9.49. The van der Waals surface area contributed by atoms with Gasteiger partial charge in [0, 0.05) is 0 Å². The Morgan fingerprint density at radius 2 is 1.79 bits per heavy atom. The van der Waals surface area contributed by atoms with E-state index in [9.17, 15) is 4.79 Å². The Hall–Kier alpha value is -2.60. The molecule has 0 bridgehead atoms. The average molecular weight is 395 g/mol. The van der Waals surface area contributed by atoms with E-state index in [-0.39, 0.29) is 11.9 Å². The smallest absolute Gasteiger partial charge is 0.230 e. The fourth-order valence-electron chi connectivity index (χ4n) is 3.00. The summed E-state index contributed by atoms with van der Waals surface area (Å²) in [4.78, 5) is 12.5. The maximum absolute atomic E-state index is 12.5. The minimum atomic E-state index is 0.00402.